The first-order valence-electron chi connectivity index (χ1n) is 11.5. The van der Waals surface area contributed by atoms with Gasteiger partial charge in [0.1, 0.15) is 24.4 Å². The lowest BCUT2D eigenvalue weighted by atomic mass is 9.98. The highest BCUT2D eigenvalue weighted by molar-refractivity contribution is 5.15. The molecule has 6 nitrogen and oxygen atoms in total. The quantitative estimate of drug-likeness (QED) is 0.461. The van der Waals surface area contributed by atoms with Crippen molar-refractivity contribution in [3.05, 3.63) is 108 Å². The summed E-state index contributed by atoms with van der Waals surface area (Å²) in [6.45, 7) is 0.876. The molecule has 3 aromatic rings. The van der Waals surface area contributed by atoms with E-state index in [-0.39, 0.29) is 6.61 Å². The molecule has 1 heterocycles. The zero-order valence-corrected chi connectivity index (χ0v) is 19.4. The Morgan fingerprint density at radius 3 is 1.44 bits per heavy atom. The molecule has 34 heavy (non-hydrogen) atoms. The first-order valence-corrected chi connectivity index (χ1v) is 11.5. The molecular formula is C28H32O6. The van der Waals surface area contributed by atoms with Gasteiger partial charge >= 0.3 is 0 Å². The van der Waals surface area contributed by atoms with Crippen LogP contribution in [-0.4, -0.2) is 49.5 Å². The van der Waals surface area contributed by atoms with Crippen molar-refractivity contribution in [1.82, 2.24) is 0 Å². The summed E-state index contributed by atoms with van der Waals surface area (Å²) in [5, 5.41) is 10.1. The van der Waals surface area contributed by atoms with E-state index in [1.165, 1.54) is 0 Å². The monoisotopic (exact) mass is 464 g/mol. The van der Waals surface area contributed by atoms with Gasteiger partial charge in [0.25, 0.3) is 0 Å². The molecule has 180 valence electrons. The van der Waals surface area contributed by atoms with Crippen molar-refractivity contribution in [2.45, 2.75) is 50.5 Å². The molecule has 1 aliphatic heterocycles. The van der Waals surface area contributed by atoms with Crippen molar-refractivity contribution in [3.8, 4) is 0 Å². The lowest BCUT2D eigenvalue weighted by molar-refractivity contribution is -0.321. The minimum atomic E-state index is -0.710. The second-order valence-corrected chi connectivity index (χ2v) is 8.24. The maximum absolute atomic E-state index is 10.1. The molecule has 1 N–H and O–H groups in total. The molecule has 4 rings (SSSR count). The van der Waals surface area contributed by atoms with Crippen LogP contribution in [0.2, 0.25) is 0 Å². The highest BCUT2D eigenvalue weighted by atomic mass is 16.7. The molecule has 0 amide bonds. The Morgan fingerprint density at radius 2 is 1.03 bits per heavy atom. The number of ether oxygens (including phenoxy) is 5. The first-order chi connectivity index (χ1) is 16.8. The third-order valence-electron chi connectivity index (χ3n) is 5.86. The van der Waals surface area contributed by atoms with E-state index in [0.717, 1.165) is 16.7 Å². The van der Waals surface area contributed by atoms with Crippen LogP contribution in [0.3, 0.4) is 0 Å². The van der Waals surface area contributed by atoms with Crippen molar-refractivity contribution in [1.29, 1.82) is 0 Å². The summed E-state index contributed by atoms with van der Waals surface area (Å²) < 4.78 is 30.7. The van der Waals surface area contributed by atoms with Gasteiger partial charge in [-0.2, -0.15) is 0 Å². The van der Waals surface area contributed by atoms with Crippen LogP contribution < -0.4 is 0 Å². The third-order valence-corrected chi connectivity index (χ3v) is 5.86. The number of hydrogen-bond donors (Lipinski definition) is 1. The smallest absolute Gasteiger partial charge is 0.186 e. The van der Waals surface area contributed by atoms with E-state index in [1.54, 1.807) is 7.11 Å². The summed E-state index contributed by atoms with van der Waals surface area (Å²) in [5.41, 5.74) is 3.09. The van der Waals surface area contributed by atoms with Crippen molar-refractivity contribution >= 4 is 0 Å². The third kappa shape index (κ3) is 6.51. The molecule has 5 atom stereocenters. The fourth-order valence-electron chi connectivity index (χ4n) is 4.08. The number of hydrogen-bond acceptors (Lipinski definition) is 6. The summed E-state index contributed by atoms with van der Waals surface area (Å²) in [6.07, 6.45) is -2.97. The average Bonchev–Trinajstić information content (AvgIpc) is 2.91. The molecule has 0 spiro atoms. The lowest BCUT2D eigenvalue weighted by Crippen LogP contribution is -2.61. The highest BCUT2D eigenvalue weighted by Crippen LogP contribution is 2.30. The maximum Gasteiger partial charge on any atom is 0.186 e. The minimum absolute atomic E-state index is 0.226. The van der Waals surface area contributed by atoms with Crippen molar-refractivity contribution in [2.24, 2.45) is 0 Å². The minimum Gasteiger partial charge on any atom is -0.394 e. The molecule has 6 heteroatoms. The summed E-state index contributed by atoms with van der Waals surface area (Å²) in [7, 11) is 1.57. The van der Waals surface area contributed by atoms with Crippen LogP contribution in [0.1, 0.15) is 16.7 Å². The number of rotatable bonds is 11. The lowest BCUT2D eigenvalue weighted by Gasteiger charge is -2.45. The highest BCUT2D eigenvalue weighted by Gasteiger charge is 2.48. The fourth-order valence-corrected chi connectivity index (χ4v) is 4.08. The molecule has 0 aliphatic carbocycles. The molecule has 0 radical (unpaired) electrons. The topological polar surface area (TPSA) is 66.4 Å². The fraction of sp³-hybridized carbons (Fsp3) is 0.357. The van der Waals surface area contributed by atoms with E-state index in [1.807, 2.05) is 91.0 Å². The molecule has 1 fully saturated rings. The molecule has 0 saturated carbocycles. The Labute approximate surface area is 201 Å². The van der Waals surface area contributed by atoms with Crippen LogP contribution >= 0.6 is 0 Å². The SMILES string of the molecule is CO[C@H]1OC(CO)[C@@H](OCc2ccccc2)C(OCc2ccccc2)[C@@H]1OCc1ccccc1. The van der Waals surface area contributed by atoms with Gasteiger partial charge in [-0.1, -0.05) is 91.0 Å². The summed E-state index contributed by atoms with van der Waals surface area (Å²) in [5.74, 6) is 0. The molecule has 2 unspecified atom stereocenters. The van der Waals surface area contributed by atoms with E-state index in [9.17, 15) is 5.11 Å². The van der Waals surface area contributed by atoms with E-state index in [0.29, 0.717) is 19.8 Å². The molecule has 1 aliphatic rings. The van der Waals surface area contributed by atoms with Crippen LogP contribution in [0, 0.1) is 0 Å². The van der Waals surface area contributed by atoms with Gasteiger partial charge < -0.3 is 28.8 Å². The first kappa shape index (κ1) is 24.5. The summed E-state index contributed by atoms with van der Waals surface area (Å²) in [4.78, 5) is 0. The Kier molecular flexibility index (Phi) is 9.21. The number of aliphatic hydroxyl groups is 1. The van der Waals surface area contributed by atoms with Crippen molar-refractivity contribution in [3.63, 3.8) is 0 Å². The standard InChI is InChI=1S/C28H32O6/c1-30-28-27(33-20-23-15-9-4-10-16-23)26(32-19-22-13-7-3-8-14-22)25(24(17-29)34-28)31-18-21-11-5-2-6-12-21/h2-16,24-29H,17-20H2,1H3/t24?,25-,26?,27+,28+/m1/s1. The molecule has 3 aromatic carbocycles. The largest absolute Gasteiger partial charge is 0.394 e. The second kappa shape index (κ2) is 12.8. The van der Waals surface area contributed by atoms with E-state index < -0.39 is 30.7 Å². The van der Waals surface area contributed by atoms with Gasteiger partial charge in [-0.25, -0.2) is 0 Å². The average molecular weight is 465 g/mol. The van der Waals surface area contributed by atoms with Gasteiger partial charge in [0.05, 0.1) is 26.4 Å². The number of methoxy groups -OCH3 is 1. The zero-order chi connectivity index (χ0) is 23.6. The van der Waals surface area contributed by atoms with Crippen LogP contribution in [0.25, 0.3) is 0 Å². The van der Waals surface area contributed by atoms with E-state index in [2.05, 4.69) is 0 Å². The Bertz CT molecular complexity index is 895. The number of aliphatic hydroxyl groups excluding tert-OH is 1. The Hall–Kier alpha value is -2.58. The van der Waals surface area contributed by atoms with Crippen LogP contribution in [0.4, 0.5) is 0 Å². The van der Waals surface area contributed by atoms with Gasteiger partial charge in [0.2, 0.25) is 0 Å². The van der Waals surface area contributed by atoms with Crippen LogP contribution in [-0.2, 0) is 43.5 Å². The zero-order valence-electron chi connectivity index (χ0n) is 19.4. The molecule has 0 bridgehead atoms. The van der Waals surface area contributed by atoms with Crippen LogP contribution in [0.5, 0.6) is 0 Å². The van der Waals surface area contributed by atoms with Gasteiger partial charge in [-0.3, -0.25) is 0 Å². The molecular weight excluding hydrogens is 432 g/mol. The van der Waals surface area contributed by atoms with Gasteiger partial charge in [0.15, 0.2) is 6.29 Å². The molecule has 1 saturated heterocycles. The molecule has 0 aromatic heterocycles. The van der Waals surface area contributed by atoms with Gasteiger partial charge in [0, 0.05) is 7.11 Å². The van der Waals surface area contributed by atoms with Gasteiger partial charge in [-0.05, 0) is 16.7 Å². The number of benzene rings is 3. The normalized spacial score (nSPS) is 24.7. The van der Waals surface area contributed by atoms with Gasteiger partial charge in [-0.15, -0.1) is 0 Å². The summed E-state index contributed by atoms with van der Waals surface area (Å²) in [6, 6.07) is 29.8. The van der Waals surface area contributed by atoms with Crippen molar-refractivity contribution in [2.75, 3.05) is 13.7 Å². The van der Waals surface area contributed by atoms with Crippen LogP contribution in [0.15, 0.2) is 91.0 Å². The Morgan fingerprint density at radius 1 is 0.618 bits per heavy atom. The van der Waals surface area contributed by atoms with E-state index in [4.69, 9.17) is 23.7 Å². The Balaban J connectivity index is 1.56. The summed E-state index contributed by atoms with van der Waals surface area (Å²) >= 11 is 0. The van der Waals surface area contributed by atoms with E-state index >= 15 is 0 Å². The predicted molar refractivity (Wildman–Crippen MR) is 128 cm³/mol. The van der Waals surface area contributed by atoms with Crippen molar-refractivity contribution < 1.29 is 28.8 Å². The predicted octanol–water partition coefficient (Wildman–Crippen LogP) is 4.11. The second-order valence-electron chi connectivity index (χ2n) is 8.24. The maximum atomic E-state index is 10.1.